The van der Waals surface area contributed by atoms with Crippen molar-refractivity contribution in [3.05, 3.63) is 29.8 Å². The molecule has 0 aliphatic carbocycles. The Hall–Kier alpha value is -1.06. The zero-order valence-electron chi connectivity index (χ0n) is 12.1. The first-order valence-electron chi connectivity index (χ1n) is 6.77. The van der Waals surface area contributed by atoms with Gasteiger partial charge in [0.1, 0.15) is 5.75 Å². The van der Waals surface area contributed by atoms with Gasteiger partial charge in [0.25, 0.3) is 0 Å². The summed E-state index contributed by atoms with van der Waals surface area (Å²) in [6.07, 6.45) is 1.07. The summed E-state index contributed by atoms with van der Waals surface area (Å²) in [6, 6.07) is 8.62. The zero-order valence-corrected chi connectivity index (χ0v) is 12.1. The van der Waals surface area contributed by atoms with Crippen molar-refractivity contribution in [2.45, 2.75) is 26.3 Å². The highest BCUT2D eigenvalue weighted by molar-refractivity contribution is 5.35. The van der Waals surface area contributed by atoms with Gasteiger partial charge in [0.15, 0.2) is 0 Å². The van der Waals surface area contributed by atoms with E-state index in [0.717, 1.165) is 31.8 Å². The maximum atomic E-state index is 5.43. The number of hydrogen-bond donors (Lipinski definition) is 1. The molecule has 0 heterocycles. The topological polar surface area (TPSA) is 24.5 Å². The number of ether oxygens (including phenoxy) is 1. The van der Waals surface area contributed by atoms with Crippen LogP contribution in [0.5, 0.6) is 5.75 Å². The summed E-state index contributed by atoms with van der Waals surface area (Å²) in [5.41, 5.74) is 1.25. The first-order valence-corrected chi connectivity index (χ1v) is 6.77. The minimum Gasteiger partial charge on any atom is -0.496 e. The molecule has 1 atom stereocenters. The fraction of sp³-hybridized carbons (Fsp3) is 0.600. The summed E-state index contributed by atoms with van der Waals surface area (Å²) in [4.78, 5) is 2.31. The number of para-hydroxylation sites is 1. The van der Waals surface area contributed by atoms with Gasteiger partial charge in [-0.05, 0) is 26.1 Å². The monoisotopic (exact) mass is 250 g/mol. The maximum absolute atomic E-state index is 5.43. The summed E-state index contributed by atoms with van der Waals surface area (Å²) in [5.74, 6) is 0.973. The Morgan fingerprint density at radius 1 is 1.28 bits per heavy atom. The van der Waals surface area contributed by atoms with E-state index in [1.54, 1.807) is 7.11 Å². The molecule has 0 saturated carbocycles. The van der Waals surface area contributed by atoms with Crippen LogP contribution in [-0.4, -0.2) is 38.7 Å². The highest BCUT2D eigenvalue weighted by Gasteiger charge is 2.12. The molecule has 0 spiro atoms. The molecule has 0 amide bonds. The normalized spacial score (nSPS) is 12.7. The van der Waals surface area contributed by atoms with Crippen LogP contribution in [0.25, 0.3) is 0 Å². The number of likely N-dealkylation sites (N-methyl/N-ethyl adjacent to an activating group) is 1. The van der Waals surface area contributed by atoms with Gasteiger partial charge in [0.05, 0.1) is 7.11 Å². The summed E-state index contributed by atoms with van der Waals surface area (Å²) < 4.78 is 5.43. The zero-order chi connectivity index (χ0) is 13.4. The number of rotatable bonds is 8. The van der Waals surface area contributed by atoms with Crippen LogP contribution in [0.4, 0.5) is 0 Å². The SMILES string of the molecule is CCC(NCCN(C)CC)c1ccccc1OC. The molecular formula is C15H26N2O. The van der Waals surface area contributed by atoms with Gasteiger partial charge >= 0.3 is 0 Å². The largest absolute Gasteiger partial charge is 0.496 e. The Morgan fingerprint density at radius 2 is 2.00 bits per heavy atom. The van der Waals surface area contributed by atoms with Crippen LogP contribution in [0.15, 0.2) is 24.3 Å². The van der Waals surface area contributed by atoms with Crippen molar-refractivity contribution in [2.75, 3.05) is 33.8 Å². The second-order valence-corrected chi connectivity index (χ2v) is 4.55. The van der Waals surface area contributed by atoms with Gasteiger partial charge in [-0.15, -0.1) is 0 Å². The number of methoxy groups -OCH3 is 1. The average Bonchev–Trinajstić information content (AvgIpc) is 2.43. The van der Waals surface area contributed by atoms with Crippen LogP contribution in [-0.2, 0) is 0 Å². The molecule has 0 radical (unpaired) electrons. The molecule has 1 rings (SSSR count). The lowest BCUT2D eigenvalue weighted by molar-refractivity contribution is 0.335. The summed E-state index contributed by atoms with van der Waals surface area (Å²) in [6.45, 7) is 7.54. The standard InChI is InChI=1S/C15H26N2O/c1-5-14(16-11-12-17(3)6-2)13-9-7-8-10-15(13)18-4/h7-10,14,16H,5-6,11-12H2,1-4H3. The van der Waals surface area contributed by atoms with Gasteiger partial charge in [-0.3, -0.25) is 0 Å². The maximum Gasteiger partial charge on any atom is 0.123 e. The van der Waals surface area contributed by atoms with E-state index in [1.807, 2.05) is 12.1 Å². The molecule has 18 heavy (non-hydrogen) atoms. The fourth-order valence-electron chi connectivity index (χ4n) is 2.02. The molecule has 1 unspecified atom stereocenters. The molecular weight excluding hydrogens is 224 g/mol. The van der Waals surface area contributed by atoms with Crippen LogP contribution in [0.3, 0.4) is 0 Å². The molecule has 3 heteroatoms. The van der Waals surface area contributed by atoms with Gasteiger partial charge in [0.2, 0.25) is 0 Å². The molecule has 3 nitrogen and oxygen atoms in total. The lowest BCUT2D eigenvalue weighted by atomic mass is 10.0. The second kappa shape index (κ2) is 8.11. The van der Waals surface area contributed by atoms with Crippen LogP contribution < -0.4 is 10.1 Å². The first kappa shape index (κ1) is 15.0. The fourth-order valence-corrected chi connectivity index (χ4v) is 2.02. The highest BCUT2D eigenvalue weighted by Crippen LogP contribution is 2.26. The van der Waals surface area contributed by atoms with E-state index in [4.69, 9.17) is 4.74 Å². The lowest BCUT2D eigenvalue weighted by Gasteiger charge is -2.21. The summed E-state index contributed by atoms with van der Waals surface area (Å²) in [5, 5.41) is 3.60. The minimum absolute atomic E-state index is 0.367. The van der Waals surface area contributed by atoms with Gasteiger partial charge in [-0.1, -0.05) is 32.0 Å². The van der Waals surface area contributed by atoms with E-state index in [0.29, 0.717) is 6.04 Å². The van der Waals surface area contributed by atoms with Gasteiger partial charge in [-0.2, -0.15) is 0 Å². The summed E-state index contributed by atoms with van der Waals surface area (Å²) >= 11 is 0. The Kier molecular flexibility index (Phi) is 6.76. The highest BCUT2D eigenvalue weighted by atomic mass is 16.5. The Labute approximate surface area is 111 Å². The van der Waals surface area contributed by atoms with E-state index in [-0.39, 0.29) is 0 Å². The van der Waals surface area contributed by atoms with E-state index < -0.39 is 0 Å². The molecule has 1 N–H and O–H groups in total. The van der Waals surface area contributed by atoms with Gasteiger partial charge in [-0.25, -0.2) is 0 Å². The van der Waals surface area contributed by atoms with Crippen molar-refractivity contribution in [1.29, 1.82) is 0 Å². The Balaban J connectivity index is 2.59. The molecule has 0 fully saturated rings. The van der Waals surface area contributed by atoms with E-state index in [1.165, 1.54) is 5.56 Å². The smallest absolute Gasteiger partial charge is 0.123 e. The molecule has 1 aromatic rings. The Bertz CT molecular complexity index is 341. The number of hydrogen-bond acceptors (Lipinski definition) is 3. The van der Waals surface area contributed by atoms with Gasteiger partial charge < -0.3 is 15.0 Å². The molecule has 1 aromatic carbocycles. The second-order valence-electron chi connectivity index (χ2n) is 4.55. The minimum atomic E-state index is 0.367. The van der Waals surface area contributed by atoms with E-state index >= 15 is 0 Å². The predicted molar refractivity (Wildman–Crippen MR) is 77.2 cm³/mol. The molecule has 0 saturated heterocycles. The third-order valence-corrected chi connectivity index (χ3v) is 3.35. The van der Waals surface area contributed by atoms with E-state index in [9.17, 15) is 0 Å². The van der Waals surface area contributed by atoms with Gasteiger partial charge in [0, 0.05) is 24.7 Å². The van der Waals surface area contributed by atoms with Crippen LogP contribution in [0, 0.1) is 0 Å². The predicted octanol–water partition coefficient (Wildman–Crippen LogP) is 2.69. The molecule has 0 aliphatic rings. The number of nitrogens with one attached hydrogen (secondary N) is 1. The van der Waals surface area contributed by atoms with Crippen molar-refractivity contribution in [1.82, 2.24) is 10.2 Å². The third-order valence-electron chi connectivity index (χ3n) is 3.35. The van der Waals surface area contributed by atoms with Crippen molar-refractivity contribution in [3.63, 3.8) is 0 Å². The van der Waals surface area contributed by atoms with Crippen molar-refractivity contribution >= 4 is 0 Å². The van der Waals surface area contributed by atoms with Crippen molar-refractivity contribution in [2.24, 2.45) is 0 Å². The van der Waals surface area contributed by atoms with Crippen LogP contribution in [0.1, 0.15) is 31.9 Å². The van der Waals surface area contributed by atoms with Crippen LogP contribution in [0.2, 0.25) is 0 Å². The van der Waals surface area contributed by atoms with E-state index in [2.05, 4.69) is 43.2 Å². The molecule has 0 aliphatic heterocycles. The first-order chi connectivity index (χ1) is 8.72. The number of benzene rings is 1. The molecule has 102 valence electrons. The molecule has 0 aromatic heterocycles. The lowest BCUT2D eigenvalue weighted by Crippen LogP contribution is -2.31. The Morgan fingerprint density at radius 3 is 2.61 bits per heavy atom. The quantitative estimate of drug-likeness (QED) is 0.767. The molecule has 0 bridgehead atoms. The van der Waals surface area contributed by atoms with Crippen molar-refractivity contribution in [3.8, 4) is 5.75 Å². The number of nitrogens with zero attached hydrogens (tertiary/aromatic N) is 1. The third kappa shape index (κ3) is 4.31. The van der Waals surface area contributed by atoms with Crippen molar-refractivity contribution < 1.29 is 4.74 Å². The summed E-state index contributed by atoms with van der Waals surface area (Å²) in [7, 11) is 3.88. The van der Waals surface area contributed by atoms with Crippen LogP contribution >= 0.6 is 0 Å². The average molecular weight is 250 g/mol.